The molecule has 0 N–H and O–H groups in total. The van der Waals surface area contributed by atoms with E-state index in [1.165, 1.54) is 31.0 Å². The Morgan fingerprint density at radius 1 is 1.26 bits per heavy atom. The molecule has 1 aliphatic heterocycles. The lowest BCUT2D eigenvalue weighted by molar-refractivity contribution is 0.0193. The van der Waals surface area contributed by atoms with E-state index in [2.05, 4.69) is 4.90 Å². The van der Waals surface area contributed by atoms with Crippen LogP contribution in [0.15, 0.2) is 18.2 Å². The quantitative estimate of drug-likeness (QED) is 0.677. The Hall–Kier alpha value is -1.66. The highest BCUT2D eigenvalue weighted by Gasteiger charge is 2.34. The van der Waals surface area contributed by atoms with E-state index in [-0.39, 0.29) is 5.75 Å². The number of halogens is 1. The fraction of sp³-hybridized carbons (Fsp3) is 0.667. The van der Waals surface area contributed by atoms with Gasteiger partial charge in [0.25, 0.3) is 0 Å². The molecule has 0 unspecified atom stereocenters. The second kappa shape index (κ2) is 9.02. The van der Waals surface area contributed by atoms with Crippen molar-refractivity contribution in [3.63, 3.8) is 0 Å². The molecule has 1 saturated carbocycles. The number of rotatable bonds is 7. The van der Waals surface area contributed by atoms with Crippen LogP contribution >= 0.6 is 0 Å². The minimum atomic E-state index is -0.462. The van der Waals surface area contributed by atoms with Crippen LogP contribution in [0.4, 0.5) is 4.39 Å². The molecule has 27 heavy (non-hydrogen) atoms. The van der Waals surface area contributed by atoms with Crippen LogP contribution in [0.25, 0.3) is 0 Å². The zero-order chi connectivity index (χ0) is 19.3. The van der Waals surface area contributed by atoms with Crippen molar-refractivity contribution in [2.45, 2.75) is 45.1 Å². The van der Waals surface area contributed by atoms with Gasteiger partial charge in [-0.05, 0) is 50.8 Å². The van der Waals surface area contributed by atoms with Gasteiger partial charge in [0.2, 0.25) is 0 Å². The first kappa shape index (κ1) is 20.1. The normalized spacial score (nSPS) is 19.2. The van der Waals surface area contributed by atoms with Crippen molar-refractivity contribution in [3.05, 3.63) is 29.6 Å². The minimum absolute atomic E-state index is 0.120. The number of nitrogens with zero attached hydrogens (tertiary/aromatic N) is 1. The topological polar surface area (TPSA) is 48.0 Å². The summed E-state index contributed by atoms with van der Waals surface area (Å²) in [6.07, 6.45) is 4.57. The molecule has 0 spiro atoms. The Morgan fingerprint density at radius 3 is 2.67 bits per heavy atom. The van der Waals surface area contributed by atoms with Crippen LogP contribution < -0.4 is 4.74 Å². The average Bonchev–Trinajstić information content (AvgIpc) is 3.20. The summed E-state index contributed by atoms with van der Waals surface area (Å²) < 4.78 is 30.9. The van der Waals surface area contributed by atoms with E-state index >= 15 is 0 Å². The van der Waals surface area contributed by atoms with Gasteiger partial charge >= 0.3 is 5.97 Å². The van der Waals surface area contributed by atoms with Gasteiger partial charge in [0.15, 0.2) is 11.6 Å². The summed E-state index contributed by atoms with van der Waals surface area (Å²) in [6.45, 7) is 8.09. The smallest absolute Gasteiger partial charge is 0.338 e. The monoisotopic (exact) mass is 379 g/mol. The van der Waals surface area contributed by atoms with E-state index in [0.29, 0.717) is 37.8 Å². The van der Waals surface area contributed by atoms with Crippen molar-refractivity contribution in [1.29, 1.82) is 0 Å². The third-order valence-corrected chi connectivity index (χ3v) is 5.62. The summed E-state index contributed by atoms with van der Waals surface area (Å²) in [7, 11) is 0. The van der Waals surface area contributed by atoms with Crippen molar-refractivity contribution >= 4 is 5.97 Å². The lowest BCUT2D eigenvalue weighted by Gasteiger charge is -2.32. The van der Waals surface area contributed by atoms with Crippen molar-refractivity contribution in [1.82, 2.24) is 4.90 Å². The second-order valence-corrected chi connectivity index (χ2v) is 7.92. The van der Waals surface area contributed by atoms with E-state index in [1.54, 1.807) is 0 Å². The van der Waals surface area contributed by atoms with Crippen molar-refractivity contribution in [2.75, 3.05) is 39.5 Å². The van der Waals surface area contributed by atoms with Crippen LogP contribution in [0.3, 0.4) is 0 Å². The zero-order valence-corrected chi connectivity index (χ0v) is 16.3. The summed E-state index contributed by atoms with van der Waals surface area (Å²) in [5.41, 5.74) is -0.147. The van der Waals surface area contributed by atoms with Gasteiger partial charge in [-0.25, -0.2) is 9.18 Å². The molecule has 0 atom stereocenters. The molecule has 1 heterocycles. The lowest BCUT2D eigenvalue weighted by Crippen LogP contribution is -2.38. The largest absolute Gasteiger partial charge is 0.484 e. The molecular formula is C21H30FNO4. The standard InChI is InChI=1S/C21H30FNO4/c1-21(2,17-5-3-4-6-17)27-19-15-16(7-8-18(19)22)20(24)26-14-11-23-9-12-25-13-10-23/h7-8,15,17H,3-6,9-14H2,1-2H3. The highest BCUT2D eigenvalue weighted by Crippen LogP contribution is 2.37. The van der Waals surface area contributed by atoms with Crippen LogP contribution in [0.1, 0.15) is 49.9 Å². The molecule has 1 saturated heterocycles. The average molecular weight is 379 g/mol. The van der Waals surface area contributed by atoms with Crippen LogP contribution in [0, 0.1) is 11.7 Å². The van der Waals surface area contributed by atoms with Gasteiger partial charge in [-0.2, -0.15) is 0 Å². The first-order chi connectivity index (χ1) is 13.0. The van der Waals surface area contributed by atoms with Gasteiger partial charge in [-0.15, -0.1) is 0 Å². The summed E-state index contributed by atoms with van der Waals surface area (Å²) in [5.74, 6) is -0.381. The molecule has 0 aromatic heterocycles. The summed E-state index contributed by atoms with van der Waals surface area (Å²) in [4.78, 5) is 14.5. The fourth-order valence-electron chi connectivity index (χ4n) is 3.87. The molecule has 2 aliphatic rings. The number of benzene rings is 1. The summed E-state index contributed by atoms with van der Waals surface area (Å²) in [6, 6.07) is 4.18. The van der Waals surface area contributed by atoms with Gasteiger partial charge in [0.1, 0.15) is 12.2 Å². The number of hydrogen-bond acceptors (Lipinski definition) is 5. The highest BCUT2D eigenvalue weighted by atomic mass is 19.1. The third-order valence-electron chi connectivity index (χ3n) is 5.62. The number of hydrogen-bond donors (Lipinski definition) is 0. The molecule has 5 nitrogen and oxygen atoms in total. The minimum Gasteiger partial charge on any atom is -0.484 e. The lowest BCUT2D eigenvalue weighted by atomic mass is 9.89. The zero-order valence-electron chi connectivity index (χ0n) is 16.3. The Kier molecular flexibility index (Phi) is 6.71. The van der Waals surface area contributed by atoms with E-state index in [4.69, 9.17) is 14.2 Å². The molecule has 6 heteroatoms. The Balaban J connectivity index is 1.57. The Labute approximate surface area is 160 Å². The first-order valence-corrected chi connectivity index (χ1v) is 9.91. The van der Waals surface area contributed by atoms with Gasteiger partial charge < -0.3 is 14.2 Å². The predicted molar refractivity (Wildman–Crippen MR) is 101 cm³/mol. The molecular weight excluding hydrogens is 349 g/mol. The molecule has 2 fully saturated rings. The SMILES string of the molecule is CC(C)(Oc1cc(C(=O)OCCN2CCOCC2)ccc1F)C1CCCC1. The Morgan fingerprint density at radius 2 is 1.96 bits per heavy atom. The van der Waals surface area contributed by atoms with E-state index < -0.39 is 17.4 Å². The van der Waals surface area contributed by atoms with E-state index in [0.717, 1.165) is 25.9 Å². The van der Waals surface area contributed by atoms with Crippen LogP contribution in [-0.2, 0) is 9.47 Å². The van der Waals surface area contributed by atoms with Crippen molar-refractivity contribution in [2.24, 2.45) is 5.92 Å². The van der Waals surface area contributed by atoms with E-state index in [1.807, 2.05) is 13.8 Å². The Bertz CT molecular complexity index is 637. The molecule has 0 amide bonds. The maximum atomic E-state index is 14.2. The first-order valence-electron chi connectivity index (χ1n) is 9.91. The van der Waals surface area contributed by atoms with E-state index in [9.17, 15) is 9.18 Å². The number of carbonyl (C=O) groups excluding carboxylic acids is 1. The second-order valence-electron chi connectivity index (χ2n) is 7.92. The maximum Gasteiger partial charge on any atom is 0.338 e. The molecule has 1 aromatic carbocycles. The highest BCUT2D eigenvalue weighted by molar-refractivity contribution is 5.89. The predicted octanol–water partition coefficient (Wildman–Crippen LogP) is 3.66. The van der Waals surface area contributed by atoms with Crippen molar-refractivity contribution in [3.8, 4) is 5.75 Å². The maximum absolute atomic E-state index is 14.2. The molecule has 3 rings (SSSR count). The number of carbonyl (C=O) groups is 1. The van der Waals surface area contributed by atoms with Crippen LogP contribution in [0.2, 0.25) is 0 Å². The molecule has 0 radical (unpaired) electrons. The molecule has 0 bridgehead atoms. The van der Waals surface area contributed by atoms with Crippen LogP contribution in [0.5, 0.6) is 5.75 Å². The van der Waals surface area contributed by atoms with Crippen molar-refractivity contribution < 1.29 is 23.4 Å². The number of morpholine rings is 1. The molecule has 1 aliphatic carbocycles. The summed E-state index contributed by atoms with van der Waals surface area (Å²) >= 11 is 0. The molecule has 150 valence electrons. The number of ether oxygens (including phenoxy) is 3. The fourth-order valence-corrected chi connectivity index (χ4v) is 3.87. The third kappa shape index (κ3) is 5.42. The molecule has 1 aromatic rings. The number of esters is 1. The van der Waals surface area contributed by atoms with Gasteiger partial charge in [0, 0.05) is 19.6 Å². The van der Waals surface area contributed by atoms with Gasteiger partial charge in [0.05, 0.1) is 18.8 Å². The van der Waals surface area contributed by atoms with Crippen LogP contribution in [-0.4, -0.2) is 55.9 Å². The summed E-state index contributed by atoms with van der Waals surface area (Å²) in [5, 5.41) is 0. The van der Waals surface area contributed by atoms with Gasteiger partial charge in [-0.3, -0.25) is 4.90 Å². The van der Waals surface area contributed by atoms with Gasteiger partial charge in [-0.1, -0.05) is 12.8 Å².